The number of halogens is 1. The second kappa shape index (κ2) is 3.91. The van der Waals surface area contributed by atoms with Crippen molar-refractivity contribution in [2.45, 2.75) is 12.5 Å². The summed E-state index contributed by atoms with van der Waals surface area (Å²) in [7, 11) is 0. The van der Waals surface area contributed by atoms with Crippen LogP contribution in [0.2, 0.25) is 5.02 Å². The van der Waals surface area contributed by atoms with Crippen LogP contribution in [0, 0.1) is 0 Å². The highest BCUT2D eigenvalue weighted by atomic mass is 35.5. The van der Waals surface area contributed by atoms with Crippen LogP contribution in [0.3, 0.4) is 0 Å². The summed E-state index contributed by atoms with van der Waals surface area (Å²) < 4.78 is 0. The SMILES string of the molecule is Clc1csc(C2NCCc3sccc32)c1. The van der Waals surface area contributed by atoms with E-state index in [0.29, 0.717) is 6.04 Å². The van der Waals surface area contributed by atoms with E-state index in [4.69, 9.17) is 11.6 Å². The topological polar surface area (TPSA) is 12.0 Å². The molecule has 1 aliphatic heterocycles. The van der Waals surface area contributed by atoms with Crippen LogP contribution < -0.4 is 5.32 Å². The Bertz CT molecular complexity index is 474. The van der Waals surface area contributed by atoms with E-state index in [1.165, 1.54) is 15.3 Å². The normalized spacial score (nSPS) is 20.2. The van der Waals surface area contributed by atoms with Gasteiger partial charge in [0.15, 0.2) is 0 Å². The molecule has 0 bridgehead atoms. The van der Waals surface area contributed by atoms with Gasteiger partial charge in [-0.2, -0.15) is 0 Å². The number of hydrogen-bond acceptors (Lipinski definition) is 3. The minimum Gasteiger partial charge on any atom is -0.305 e. The monoisotopic (exact) mass is 255 g/mol. The van der Waals surface area contributed by atoms with E-state index in [1.54, 1.807) is 11.3 Å². The van der Waals surface area contributed by atoms with Gasteiger partial charge in [-0.1, -0.05) is 11.6 Å². The molecule has 0 fully saturated rings. The molecule has 1 N–H and O–H groups in total. The fourth-order valence-corrected chi connectivity index (χ4v) is 4.08. The van der Waals surface area contributed by atoms with E-state index >= 15 is 0 Å². The zero-order valence-corrected chi connectivity index (χ0v) is 10.4. The first-order chi connectivity index (χ1) is 7.34. The van der Waals surface area contributed by atoms with E-state index < -0.39 is 0 Å². The van der Waals surface area contributed by atoms with Crippen LogP contribution in [0.5, 0.6) is 0 Å². The minimum absolute atomic E-state index is 0.359. The second-order valence-corrected chi connectivity index (χ2v) is 5.98. The smallest absolute Gasteiger partial charge is 0.0682 e. The average molecular weight is 256 g/mol. The molecule has 15 heavy (non-hydrogen) atoms. The predicted molar refractivity (Wildman–Crippen MR) is 67.2 cm³/mol. The maximum atomic E-state index is 5.97. The molecule has 0 saturated heterocycles. The van der Waals surface area contributed by atoms with Crippen molar-refractivity contribution in [2.24, 2.45) is 0 Å². The summed E-state index contributed by atoms with van der Waals surface area (Å²) in [6.45, 7) is 1.06. The molecule has 0 aromatic carbocycles. The third kappa shape index (κ3) is 1.74. The van der Waals surface area contributed by atoms with Crippen LogP contribution in [-0.2, 0) is 6.42 Å². The summed E-state index contributed by atoms with van der Waals surface area (Å²) in [6, 6.07) is 4.65. The molecule has 0 amide bonds. The van der Waals surface area contributed by atoms with Gasteiger partial charge in [-0.05, 0) is 29.5 Å². The molecule has 78 valence electrons. The van der Waals surface area contributed by atoms with Crippen molar-refractivity contribution in [2.75, 3.05) is 6.54 Å². The highest BCUT2D eigenvalue weighted by Crippen LogP contribution is 2.35. The third-order valence-electron chi connectivity index (χ3n) is 2.66. The molecular formula is C11H10ClNS2. The molecule has 1 nitrogen and oxygen atoms in total. The van der Waals surface area contributed by atoms with E-state index in [0.717, 1.165) is 18.0 Å². The Morgan fingerprint density at radius 3 is 3.13 bits per heavy atom. The summed E-state index contributed by atoms with van der Waals surface area (Å²) in [4.78, 5) is 2.84. The molecule has 4 heteroatoms. The predicted octanol–water partition coefficient (Wildman–Crippen LogP) is 3.70. The molecule has 0 aliphatic carbocycles. The largest absolute Gasteiger partial charge is 0.305 e. The van der Waals surface area contributed by atoms with Crippen molar-refractivity contribution in [1.29, 1.82) is 0 Å². The Morgan fingerprint density at radius 1 is 1.40 bits per heavy atom. The van der Waals surface area contributed by atoms with Crippen LogP contribution in [-0.4, -0.2) is 6.54 Å². The lowest BCUT2D eigenvalue weighted by atomic mass is 10.0. The average Bonchev–Trinajstić information content (AvgIpc) is 2.84. The maximum absolute atomic E-state index is 5.97. The van der Waals surface area contributed by atoms with Gasteiger partial charge in [0.25, 0.3) is 0 Å². The first-order valence-corrected chi connectivity index (χ1v) is 7.02. The quantitative estimate of drug-likeness (QED) is 0.819. The number of fused-ring (bicyclic) bond motifs is 1. The molecule has 1 aliphatic rings. The molecule has 0 saturated carbocycles. The van der Waals surface area contributed by atoms with Crippen LogP contribution in [0.25, 0.3) is 0 Å². The van der Waals surface area contributed by atoms with Crippen LogP contribution in [0.1, 0.15) is 21.4 Å². The van der Waals surface area contributed by atoms with Crippen molar-refractivity contribution in [3.63, 3.8) is 0 Å². The van der Waals surface area contributed by atoms with Gasteiger partial charge >= 0.3 is 0 Å². The molecule has 0 spiro atoms. The first-order valence-electron chi connectivity index (χ1n) is 4.88. The van der Waals surface area contributed by atoms with Gasteiger partial charge in [0, 0.05) is 21.7 Å². The van der Waals surface area contributed by atoms with Gasteiger partial charge in [-0.25, -0.2) is 0 Å². The summed E-state index contributed by atoms with van der Waals surface area (Å²) in [5.41, 5.74) is 1.43. The van der Waals surface area contributed by atoms with Crippen molar-refractivity contribution in [3.8, 4) is 0 Å². The van der Waals surface area contributed by atoms with Crippen LogP contribution >= 0.6 is 34.3 Å². The molecule has 3 rings (SSSR count). The minimum atomic E-state index is 0.359. The Kier molecular flexibility index (Phi) is 2.56. The maximum Gasteiger partial charge on any atom is 0.0682 e. The number of rotatable bonds is 1. The highest BCUT2D eigenvalue weighted by Gasteiger charge is 2.23. The van der Waals surface area contributed by atoms with Crippen molar-refractivity contribution in [1.82, 2.24) is 5.32 Å². The molecular weight excluding hydrogens is 246 g/mol. The Morgan fingerprint density at radius 2 is 2.33 bits per heavy atom. The fourth-order valence-electron chi connectivity index (χ4n) is 1.98. The summed E-state index contributed by atoms with van der Waals surface area (Å²) in [6.07, 6.45) is 1.16. The van der Waals surface area contributed by atoms with Crippen molar-refractivity contribution < 1.29 is 0 Å². The van der Waals surface area contributed by atoms with Gasteiger partial charge in [-0.3, -0.25) is 0 Å². The van der Waals surface area contributed by atoms with Gasteiger partial charge in [0.05, 0.1) is 11.1 Å². The van der Waals surface area contributed by atoms with Gasteiger partial charge in [0.1, 0.15) is 0 Å². The highest BCUT2D eigenvalue weighted by molar-refractivity contribution is 7.11. The zero-order chi connectivity index (χ0) is 10.3. The molecule has 1 atom stereocenters. The zero-order valence-electron chi connectivity index (χ0n) is 8.00. The lowest BCUT2D eigenvalue weighted by Crippen LogP contribution is -2.28. The molecule has 0 radical (unpaired) electrons. The van der Waals surface area contributed by atoms with E-state index in [1.807, 2.05) is 16.7 Å². The number of nitrogens with one attached hydrogen (secondary N) is 1. The summed E-state index contributed by atoms with van der Waals surface area (Å²) >= 11 is 9.56. The van der Waals surface area contributed by atoms with Crippen molar-refractivity contribution >= 4 is 34.3 Å². The van der Waals surface area contributed by atoms with E-state index in [9.17, 15) is 0 Å². The first kappa shape index (κ1) is 9.85. The van der Waals surface area contributed by atoms with Gasteiger partial charge in [-0.15, -0.1) is 22.7 Å². The van der Waals surface area contributed by atoms with E-state index in [2.05, 4.69) is 22.8 Å². The van der Waals surface area contributed by atoms with E-state index in [-0.39, 0.29) is 0 Å². The summed E-state index contributed by atoms with van der Waals surface area (Å²) in [5, 5.41) is 8.58. The second-order valence-electron chi connectivity index (χ2n) is 3.60. The Balaban J connectivity index is 2.02. The van der Waals surface area contributed by atoms with Crippen LogP contribution in [0.15, 0.2) is 22.9 Å². The number of hydrogen-bond donors (Lipinski definition) is 1. The lowest BCUT2D eigenvalue weighted by Gasteiger charge is -2.23. The number of thiophene rings is 2. The standard InChI is InChI=1S/C11H10ClNS2/c12-7-5-10(15-6-7)11-8-2-4-14-9(8)1-3-13-11/h2,4-6,11,13H,1,3H2. The molecule has 1 unspecified atom stereocenters. The Labute approximate surface area is 102 Å². The van der Waals surface area contributed by atoms with Crippen molar-refractivity contribution in [3.05, 3.63) is 43.2 Å². The fraction of sp³-hybridized carbons (Fsp3) is 0.273. The molecule has 2 aromatic rings. The lowest BCUT2D eigenvalue weighted by molar-refractivity contribution is 0.582. The third-order valence-corrected chi connectivity index (χ3v) is 5.01. The summed E-state index contributed by atoms with van der Waals surface area (Å²) in [5.74, 6) is 0. The molecule has 3 heterocycles. The van der Waals surface area contributed by atoms with Gasteiger partial charge < -0.3 is 5.32 Å². The van der Waals surface area contributed by atoms with Gasteiger partial charge in [0.2, 0.25) is 0 Å². The molecule has 2 aromatic heterocycles. The van der Waals surface area contributed by atoms with Crippen LogP contribution in [0.4, 0.5) is 0 Å². The Hall–Kier alpha value is -0.350.